The standard InChI is InChI=1S/C11H14N4O2S2/c1-3-13-9-4-5-12-6-10(9)19(16,17)15-11-14-8(2)7-18-11/h4-7H,3H2,1-2H3,(H,12,13)(H,14,15). The van der Waals surface area contributed by atoms with E-state index in [9.17, 15) is 8.42 Å². The number of nitrogens with zero attached hydrogens (tertiary/aromatic N) is 2. The van der Waals surface area contributed by atoms with Crippen LogP contribution in [0, 0.1) is 6.92 Å². The van der Waals surface area contributed by atoms with E-state index in [-0.39, 0.29) is 4.90 Å². The number of aryl methyl sites for hydroxylation is 1. The van der Waals surface area contributed by atoms with E-state index in [2.05, 4.69) is 20.0 Å². The third kappa shape index (κ3) is 3.21. The van der Waals surface area contributed by atoms with Gasteiger partial charge >= 0.3 is 0 Å². The van der Waals surface area contributed by atoms with Crippen LogP contribution in [0.3, 0.4) is 0 Å². The molecule has 2 aromatic heterocycles. The Morgan fingerprint density at radius 1 is 1.42 bits per heavy atom. The van der Waals surface area contributed by atoms with Crippen molar-refractivity contribution in [2.75, 3.05) is 16.6 Å². The number of hydrogen-bond acceptors (Lipinski definition) is 6. The summed E-state index contributed by atoms with van der Waals surface area (Å²) in [5.41, 5.74) is 1.30. The van der Waals surface area contributed by atoms with Gasteiger partial charge in [0.15, 0.2) is 5.13 Å². The fourth-order valence-corrected chi connectivity index (χ4v) is 3.57. The van der Waals surface area contributed by atoms with E-state index in [1.807, 2.05) is 13.8 Å². The first-order valence-electron chi connectivity index (χ1n) is 5.66. The largest absolute Gasteiger partial charge is 0.384 e. The van der Waals surface area contributed by atoms with Gasteiger partial charge in [0.25, 0.3) is 10.0 Å². The minimum absolute atomic E-state index is 0.115. The van der Waals surface area contributed by atoms with Crippen LogP contribution in [0.2, 0.25) is 0 Å². The summed E-state index contributed by atoms with van der Waals surface area (Å²) in [4.78, 5) is 8.06. The van der Waals surface area contributed by atoms with Crippen molar-refractivity contribution >= 4 is 32.2 Å². The molecular weight excluding hydrogens is 284 g/mol. The maximum absolute atomic E-state index is 12.3. The predicted octanol–water partition coefficient (Wildman–Crippen LogP) is 2.08. The number of nitrogens with one attached hydrogen (secondary N) is 2. The predicted molar refractivity (Wildman–Crippen MR) is 76.1 cm³/mol. The van der Waals surface area contributed by atoms with Gasteiger partial charge in [0.1, 0.15) is 4.90 Å². The normalized spacial score (nSPS) is 11.3. The Hall–Kier alpha value is -1.67. The molecule has 0 aromatic carbocycles. The summed E-state index contributed by atoms with van der Waals surface area (Å²) in [6.07, 6.45) is 2.87. The zero-order valence-electron chi connectivity index (χ0n) is 10.5. The molecule has 0 fully saturated rings. The lowest BCUT2D eigenvalue weighted by molar-refractivity contribution is 0.601. The minimum atomic E-state index is -3.68. The van der Waals surface area contributed by atoms with Crippen LogP contribution >= 0.6 is 11.3 Å². The van der Waals surface area contributed by atoms with Gasteiger partial charge < -0.3 is 5.32 Å². The molecule has 0 amide bonds. The van der Waals surface area contributed by atoms with Crippen LogP contribution in [-0.2, 0) is 10.0 Å². The van der Waals surface area contributed by atoms with Gasteiger partial charge in [-0.05, 0) is 19.9 Å². The van der Waals surface area contributed by atoms with Gasteiger partial charge in [0, 0.05) is 24.3 Å². The fraction of sp³-hybridized carbons (Fsp3) is 0.273. The highest BCUT2D eigenvalue weighted by Crippen LogP contribution is 2.24. The van der Waals surface area contributed by atoms with Crippen molar-refractivity contribution in [1.82, 2.24) is 9.97 Å². The third-order valence-electron chi connectivity index (χ3n) is 2.28. The highest BCUT2D eigenvalue weighted by molar-refractivity contribution is 7.93. The second kappa shape index (κ2) is 5.54. The number of hydrogen-bond donors (Lipinski definition) is 2. The van der Waals surface area contributed by atoms with E-state index in [1.165, 1.54) is 17.5 Å². The number of sulfonamides is 1. The summed E-state index contributed by atoms with van der Waals surface area (Å²) in [5, 5.41) is 5.13. The van der Waals surface area contributed by atoms with E-state index >= 15 is 0 Å². The van der Waals surface area contributed by atoms with Crippen molar-refractivity contribution in [3.63, 3.8) is 0 Å². The number of anilines is 2. The van der Waals surface area contributed by atoms with Gasteiger partial charge in [-0.3, -0.25) is 9.71 Å². The Labute approximate surface area is 116 Å². The molecule has 0 aliphatic heterocycles. The zero-order valence-corrected chi connectivity index (χ0v) is 12.2. The van der Waals surface area contributed by atoms with Crippen LogP contribution in [0.15, 0.2) is 28.7 Å². The van der Waals surface area contributed by atoms with Gasteiger partial charge in [-0.1, -0.05) is 0 Å². The molecule has 0 aliphatic carbocycles. The minimum Gasteiger partial charge on any atom is -0.384 e. The first-order chi connectivity index (χ1) is 9.03. The van der Waals surface area contributed by atoms with Crippen molar-refractivity contribution in [3.05, 3.63) is 29.5 Å². The Morgan fingerprint density at radius 3 is 2.84 bits per heavy atom. The van der Waals surface area contributed by atoms with Gasteiger partial charge in [-0.25, -0.2) is 13.4 Å². The maximum Gasteiger partial charge on any atom is 0.267 e. The number of rotatable bonds is 5. The highest BCUT2D eigenvalue weighted by atomic mass is 32.2. The van der Waals surface area contributed by atoms with E-state index in [0.29, 0.717) is 17.4 Å². The zero-order chi connectivity index (χ0) is 13.9. The number of aromatic nitrogens is 2. The molecule has 2 N–H and O–H groups in total. The third-order valence-corrected chi connectivity index (χ3v) is 4.65. The van der Waals surface area contributed by atoms with E-state index in [4.69, 9.17) is 0 Å². The molecule has 6 nitrogen and oxygen atoms in total. The van der Waals surface area contributed by atoms with Crippen LogP contribution in [0.4, 0.5) is 10.8 Å². The fourth-order valence-electron chi connectivity index (χ4n) is 1.50. The van der Waals surface area contributed by atoms with Crippen LogP contribution < -0.4 is 10.0 Å². The van der Waals surface area contributed by atoms with E-state index in [0.717, 1.165) is 5.69 Å². The van der Waals surface area contributed by atoms with Crippen molar-refractivity contribution in [2.24, 2.45) is 0 Å². The Bertz CT molecular complexity index is 667. The lowest BCUT2D eigenvalue weighted by Gasteiger charge is -2.10. The summed E-state index contributed by atoms with van der Waals surface area (Å²) in [6.45, 7) is 4.33. The Kier molecular flexibility index (Phi) is 4.01. The SMILES string of the molecule is CCNc1ccncc1S(=O)(=O)Nc1nc(C)cs1. The van der Waals surface area contributed by atoms with Gasteiger partial charge in [-0.15, -0.1) is 11.3 Å². The first kappa shape index (κ1) is 13.8. The second-order valence-corrected chi connectivity index (χ2v) is 6.31. The molecule has 2 heterocycles. The van der Waals surface area contributed by atoms with Gasteiger partial charge in [-0.2, -0.15) is 0 Å². The molecule has 102 valence electrons. The van der Waals surface area contributed by atoms with Gasteiger partial charge in [0.05, 0.1) is 11.4 Å². The van der Waals surface area contributed by atoms with Crippen LogP contribution in [-0.4, -0.2) is 24.9 Å². The van der Waals surface area contributed by atoms with Crippen LogP contribution in [0.5, 0.6) is 0 Å². The topological polar surface area (TPSA) is 84.0 Å². The molecule has 0 atom stereocenters. The average molecular weight is 298 g/mol. The van der Waals surface area contributed by atoms with Crippen molar-refractivity contribution in [2.45, 2.75) is 18.7 Å². The van der Waals surface area contributed by atoms with Crippen molar-refractivity contribution < 1.29 is 8.42 Å². The molecule has 0 saturated heterocycles. The molecule has 2 aromatic rings. The van der Waals surface area contributed by atoms with Crippen LogP contribution in [0.1, 0.15) is 12.6 Å². The quantitative estimate of drug-likeness (QED) is 0.883. The highest BCUT2D eigenvalue weighted by Gasteiger charge is 2.20. The van der Waals surface area contributed by atoms with Crippen molar-refractivity contribution in [1.29, 1.82) is 0 Å². The molecule has 2 rings (SSSR count). The molecule has 0 unspecified atom stereocenters. The molecule has 19 heavy (non-hydrogen) atoms. The molecule has 0 saturated carbocycles. The molecule has 0 bridgehead atoms. The molecule has 8 heteroatoms. The summed E-state index contributed by atoms with van der Waals surface area (Å²) in [7, 11) is -3.68. The molecule has 0 radical (unpaired) electrons. The smallest absolute Gasteiger partial charge is 0.267 e. The van der Waals surface area contributed by atoms with Crippen LogP contribution in [0.25, 0.3) is 0 Å². The number of thiazole rings is 1. The van der Waals surface area contributed by atoms with E-state index < -0.39 is 10.0 Å². The summed E-state index contributed by atoms with van der Waals surface area (Å²) >= 11 is 1.25. The first-order valence-corrected chi connectivity index (χ1v) is 8.02. The summed E-state index contributed by atoms with van der Waals surface area (Å²) < 4.78 is 27.0. The van der Waals surface area contributed by atoms with E-state index in [1.54, 1.807) is 17.6 Å². The monoisotopic (exact) mass is 298 g/mol. The molecule has 0 aliphatic rings. The van der Waals surface area contributed by atoms with Crippen molar-refractivity contribution in [3.8, 4) is 0 Å². The Morgan fingerprint density at radius 2 is 2.21 bits per heavy atom. The summed E-state index contributed by atoms with van der Waals surface area (Å²) in [5.74, 6) is 0. The average Bonchev–Trinajstić information content (AvgIpc) is 2.75. The lowest BCUT2D eigenvalue weighted by Crippen LogP contribution is -2.15. The second-order valence-electron chi connectivity index (χ2n) is 3.80. The molecule has 0 spiro atoms. The Balaban J connectivity index is 2.34. The molecular formula is C11H14N4O2S2. The maximum atomic E-state index is 12.3. The number of pyridine rings is 1. The summed E-state index contributed by atoms with van der Waals surface area (Å²) in [6, 6.07) is 1.63. The van der Waals surface area contributed by atoms with Gasteiger partial charge in [0.2, 0.25) is 0 Å². The lowest BCUT2D eigenvalue weighted by atomic mass is 10.4.